The maximum Gasteiger partial charge on any atom is 0.263 e. The van der Waals surface area contributed by atoms with Crippen molar-refractivity contribution in [2.75, 3.05) is 20.2 Å². The van der Waals surface area contributed by atoms with Crippen LogP contribution in [-0.2, 0) is 0 Å². The average Bonchev–Trinajstić information content (AvgIpc) is 3.11. The quantitative estimate of drug-likeness (QED) is 0.705. The summed E-state index contributed by atoms with van der Waals surface area (Å²) in [5, 5.41) is 1.10. The average molecular weight is 352 g/mol. The standard InChI is InChI=1S/C20H20N2O2S/c1-24-17-3-2-16-12-19(25-18(16)13-17)20(23)22-10-6-15(7-11-22)14-4-8-21-9-5-14/h2-5,8-9,12-13,15H,6-7,10-11H2,1H3. The van der Waals surface area contributed by atoms with Crippen LogP contribution < -0.4 is 4.74 Å². The molecule has 0 atom stereocenters. The molecule has 4 rings (SSSR count). The first kappa shape index (κ1) is 16.1. The van der Waals surface area contributed by atoms with E-state index in [4.69, 9.17) is 4.74 Å². The number of piperidine rings is 1. The number of benzene rings is 1. The zero-order valence-electron chi connectivity index (χ0n) is 14.1. The first-order valence-corrected chi connectivity index (χ1v) is 9.33. The first-order valence-electron chi connectivity index (χ1n) is 8.51. The molecule has 0 aliphatic carbocycles. The summed E-state index contributed by atoms with van der Waals surface area (Å²) in [6.07, 6.45) is 5.71. The highest BCUT2D eigenvalue weighted by atomic mass is 32.1. The zero-order valence-corrected chi connectivity index (χ0v) is 15.0. The minimum Gasteiger partial charge on any atom is -0.497 e. The maximum atomic E-state index is 12.9. The fraction of sp³-hybridized carbons (Fsp3) is 0.300. The summed E-state index contributed by atoms with van der Waals surface area (Å²) < 4.78 is 6.36. The summed E-state index contributed by atoms with van der Waals surface area (Å²) in [7, 11) is 1.66. The lowest BCUT2D eigenvalue weighted by molar-refractivity contribution is 0.0718. The summed E-state index contributed by atoms with van der Waals surface area (Å²) in [4.78, 5) is 19.7. The molecule has 128 valence electrons. The van der Waals surface area contributed by atoms with E-state index in [1.807, 2.05) is 41.6 Å². The van der Waals surface area contributed by atoms with Crippen LogP contribution >= 0.6 is 11.3 Å². The molecule has 2 aromatic heterocycles. The number of pyridine rings is 1. The van der Waals surface area contributed by atoms with Crippen LogP contribution in [0.5, 0.6) is 5.75 Å². The second kappa shape index (κ2) is 6.84. The van der Waals surface area contributed by atoms with Crippen molar-refractivity contribution in [3.63, 3.8) is 0 Å². The molecule has 1 aliphatic rings. The number of ether oxygens (including phenoxy) is 1. The van der Waals surface area contributed by atoms with Gasteiger partial charge in [-0.25, -0.2) is 0 Å². The van der Waals surface area contributed by atoms with E-state index in [2.05, 4.69) is 17.1 Å². The molecule has 1 saturated heterocycles. The number of carbonyl (C=O) groups excluding carboxylic acids is 1. The largest absolute Gasteiger partial charge is 0.497 e. The number of amides is 1. The van der Waals surface area contributed by atoms with Crippen LogP contribution in [0.3, 0.4) is 0 Å². The highest BCUT2D eigenvalue weighted by molar-refractivity contribution is 7.20. The number of methoxy groups -OCH3 is 1. The number of hydrogen-bond donors (Lipinski definition) is 0. The maximum absolute atomic E-state index is 12.9. The van der Waals surface area contributed by atoms with Crippen LogP contribution in [-0.4, -0.2) is 36.0 Å². The number of likely N-dealkylation sites (tertiary alicyclic amines) is 1. The lowest BCUT2D eigenvalue weighted by atomic mass is 9.90. The van der Waals surface area contributed by atoms with E-state index in [1.165, 1.54) is 5.56 Å². The molecule has 0 bridgehead atoms. The molecule has 3 heterocycles. The second-order valence-electron chi connectivity index (χ2n) is 6.36. The Bertz CT molecular complexity index is 883. The summed E-state index contributed by atoms with van der Waals surface area (Å²) in [6.45, 7) is 1.62. The van der Waals surface area contributed by atoms with E-state index in [-0.39, 0.29) is 5.91 Å². The molecule has 4 nitrogen and oxygen atoms in total. The molecule has 5 heteroatoms. The minimum atomic E-state index is 0.147. The van der Waals surface area contributed by atoms with Crippen molar-refractivity contribution >= 4 is 27.3 Å². The van der Waals surface area contributed by atoms with Crippen molar-refractivity contribution in [1.82, 2.24) is 9.88 Å². The van der Waals surface area contributed by atoms with Gasteiger partial charge in [0.15, 0.2) is 0 Å². The summed E-state index contributed by atoms with van der Waals surface area (Å²) in [5.41, 5.74) is 1.33. The number of fused-ring (bicyclic) bond motifs is 1. The summed E-state index contributed by atoms with van der Waals surface area (Å²) >= 11 is 1.55. The number of aromatic nitrogens is 1. The number of hydrogen-bond acceptors (Lipinski definition) is 4. The van der Waals surface area contributed by atoms with Gasteiger partial charge in [0, 0.05) is 30.2 Å². The normalized spacial score (nSPS) is 15.5. The lowest BCUT2D eigenvalue weighted by Crippen LogP contribution is -2.37. The van der Waals surface area contributed by atoms with Crippen molar-refractivity contribution in [3.05, 3.63) is 59.2 Å². The predicted molar refractivity (Wildman–Crippen MR) is 100 cm³/mol. The summed E-state index contributed by atoms with van der Waals surface area (Å²) in [5.74, 6) is 1.50. The van der Waals surface area contributed by atoms with Crippen molar-refractivity contribution < 1.29 is 9.53 Å². The smallest absolute Gasteiger partial charge is 0.263 e. The van der Waals surface area contributed by atoms with Crippen LogP contribution in [0.4, 0.5) is 0 Å². The van der Waals surface area contributed by atoms with E-state index < -0.39 is 0 Å². The number of thiophene rings is 1. The van der Waals surface area contributed by atoms with Gasteiger partial charge in [0.25, 0.3) is 5.91 Å². The van der Waals surface area contributed by atoms with Crippen LogP contribution in [0.15, 0.2) is 48.8 Å². The molecule has 0 N–H and O–H groups in total. The fourth-order valence-electron chi connectivity index (χ4n) is 3.45. The van der Waals surface area contributed by atoms with E-state index >= 15 is 0 Å². The van der Waals surface area contributed by atoms with Gasteiger partial charge in [-0.15, -0.1) is 11.3 Å². The van der Waals surface area contributed by atoms with E-state index in [9.17, 15) is 4.79 Å². The van der Waals surface area contributed by atoms with Crippen molar-refractivity contribution in [2.24, 2.45) is 0 Å². The Morgan fingerprint density at radius 1 is 1.16 bits per heavy atom. The van der Waals surface area contributed by atoms with Gasteiger partial charge in [-0.3, -0.25) is 9.78 Å². The number of rotatable bonds is 3. The Kier molecular flexibility index (Phi) is 4.40. The topological polar surface area (TPSA) is 42.4 Å². The van der Waals surface area contributed by atoms with E-state index in [1.54, 1.807) is 18.4 Å². The molecule has 0 spiro atoms. The third kappa shape index (κ3) is 3.24. The van der Waals surface area contributed by atoms with Crippen molar-refractivity contribution in [3.8, 4) is 5.75 Å². The summed E-state index contributed by atoms with van der Waals surface area (Å²) in [6, 6.07) is 12.1. The molecule has 1 amide bonds. The molecule has 0 unspecified atom stereocenters. The van der Waals surface area contributed by atoms with Gasteiger partial charge in [-0.1, -0.05) is 0 Å². The van der Waals surface area contributed by atoms with Crippen molar-refractivity contribution in [1.29, 1.82) is 0 Å². The third-order valence-electron chi connectivity index (χ3n) is 4.90. The number of nitrogens with zero attached hydrogens (tertiary/aromatic N) is 2. The lowest BCUT2D eigenvalue weighted by Gasteiger charge is -2.32. The number of carbonyl (C=O) groups is 1. The van der Waals surface area contributed by atoms with Gasteiger partial charge < -0.3 is 9.64 Å². The van der Waals surface area contributed by atoms with Crippen LogP contribution in [0, 0.1) is 0 Å². The molecule has 3 aromatic rings. The molecule has 1 fully saturated rings. The molecule has 1 aromatic carbocycles. The van der Waals surface area contributed by atoms with Gasteiger partial charge in [0.1, 0.15) is 5.75 Å². The zero-order chi connectivity index (χ0) is 17.2. The monoisotopic (exact) mass is 352 g/mol. The van der Waals surface area contributed by atoms with Gasteiger partial charge in [0.05, 0.1) is 12.0 Å². The van der Waals surface area contributed by atoms with Gasteiger partial charge >= 0.3 is 0 Å². The van der Waals surface area contributed by atoms with E-state index in [0.29, 0.717) is 5.92 Å². The third-order valence-corrected chi connectivity index (χ3v) is 5.98. The van der Waals surface area contributed by atoms with E-state index in [0.717, 1.165) is 46.6 Å². The van der Waals surface area contributed by atoms with Gasteiger partial charge in [-0.2, -0.15) is 0 Å². The Labute approximate surface area is 151 Å². The Morgan fingerprint density at radius 3 is 2.64 bits per heavy atom. The molecule has 25 heavy (non-hydrogen) atoms. The predicted octanol–water partition coefficient (Wildman–Crippen LogP) is 4.32. The molecule has 0 radical (unpaired) electrons. The molecular formula is C20H20N2O2S. The van der Waals surface area contributed by atoms with Crippen LogP contribution in [0.25, 0.3) is 10.1 Å². The Morgan fingerprint density at radius 2 is 1.92 bits per heavy atom. The fourth-order valence-corrected chi connectivity index (χ4v) is 4.51. The molecule has 1 aliphatic heterocycles. The van der Waals surface area contributed by atoms with Crippen LogP contribution in [0.1, 0.15) is 34.0 Å². The first-order chi connectivity index (χ1) is 12.2. The molecular weight excluding hydrogens is 332 g/mol. The Hall–Kier alpha value is -2.40. The second-order valence-corrected chi connectivity index (χ2v) is 7.45. The molecule has 0 saturated carbocycles. The minimum absolute atomic E-state index is 0.147. The van der Waals surface area contributed by atoms with Crippen molar-refractivity contribution in [2.45, 2.75) is 18.8 Å². The van der Waals surface area contributed by atoms with Gasteiger partial charge in [0.2, 0.25) is 0 Å². The Balaban J connectivity index is 1.47. The SMILES string of the molecule is COc1ccc2cc(C(=O)N3CCC(c4ccncc4)CC3)sc2c1. The highest BCUT2D eigenvalue weighted by Gasteiger charge is 2.25. The highest BCUT2D eigenvalue weighted by Crippen LogP contribution is 2.32. The van der Waals surface area contributed by atoms with Gasteiger partial charge in [-0.05, 0) is 66.1 Å². The van der Waals surface area contributed by atoms with Crippen LogP contribution in [0.2, 0.25) is 0 Å².